The summed E-state index contributed by atoms with van der Waals surface area (Å²) in [5, 5.41) is 2.50. The van der Waals surface area contributed by atoms with E-state index >= 15 is 0 Å². The molecule has 9 rings (SSSR count). The van der Waals surface area contributed by atoms with Crippen LogP contribution in [0, 0.1) is 0 Å². The highest BCUT2D eigenvalue weighted by Gasteiger charge is 2.35. The minimum absolute atomic E-state index is 0.0177. The molecule has 218 valence electrons. The van der Waals surface area contributed by atoms with Gasteiger partial charge in [0, 0.05) is 27.3 Å². The Morgan fingerprint density at radius 1 is 0.370 bits per heavy atom. The lowest BCUT2D eigenvalue weighted by molar-refractivity contribution is 0.660. The average Bonchev–Trinajstić information content (AvgIpc) is 3.60. The fourth-order valence-electron chi connectivity index (χ4n) is 7.60. The first-order valence-electron chi connectivity index (χ1n) is 16.1. The molecule has 0 saturated heterocycles. The van der Waals surface area contributed by atoms with E-state index in [1.165, 1.54) is 83.1 Å². The Labute approximate surface area is 269 Å². The van der Waals surface area contributed by atoms with Crippen LogP contribution < -0.4 is 0 Å². The molecule has 0 amide bonds. The molecule has 1 aliphatic rings. The van der Waals surface area contributed by atoms with E-state index in [1.54, 1.807) is 0 Å². The van der Waals surface area contributed by atoms with Gasteiger partial charge in [-0.1, -0.05) is 135 Å². The first kappa shape index (κ1) is 26.7. The van der Waals surface area contributed by atoms with Gasteiger partial charge in [-0.3, -0.25) is 0 Å². The van der Waals surface area contributed by atoms with E-state index in [2.05, 4.69) is 177 Å². The van der Waals surface area contributed by atoms with Crippen LogP contribution in [-0.4, -0.2) is 4.98 Å². The highest BCUT2D eigenvalue weighted by molar-refractivity contribution is 6.13. The maximum Gasteiger partial charge on any atom is 0.0544 e. The van der Waals surface area contributed by atoms with E-state index in [9.17, 15) is 0 Å². The molecule has 1 nitrogen and oxygen atoms in total. The van der Waals surface area contributed by atoms with Gasteiger partial charge in [0.15, 0.2) is 0 Å². The van der Waals surface area contributed by atoms with Gasteiger partial charge in [0.25, 0.3) is 0 Å². The van der Waals surface area contributed by atoms with Crippen LogP contribution in [0.25, 0.3) is 77.4 Å². The van der Waals surface area contributed by atoms with Crippen LogP contribution in [-0.2, 0) is 5.41 Å². The van der Waals surface area contributed by atoms with Crippen LogP contribution in [0.4, 0.5) is 0 Å². The number of benzene rings is 7. The minimum atomic E-state index is -0.0177. The third-order valence-corrected chi connectivity index (χ3v) is 10.0. The molecular formula is C45H33N. The number of aromatic nitrogens is 1. The maximum atomic E-state index is 3.75. The predicted octanol–water partition coefficient (Wildman–Crippen LogP) is 12.3. The van der Waals surface area contributed by atoms with E-state index in [4.69, 9.17) is 0 Å². The lowest BCUT2D eigenvalue weighted by Crippen LogP contribution is -2.14. The Morgan fingerprint density at radius 2 is 0.978 bits per heavy atom. The first-order valence-corrected chi connectivity index (χ1v) is 16.1. The van der Waals surface area contributed by atoms with Crippen molar-refractivity contribution in [3.8, 4) is 55.6 Å². The molecule has 7 aromatic carbocycles. The van der Waals surface area contributed by atoms with E-state index in [0.29, 0.717) is 0 Å². The van der Waals surface area contributed by atoms with Crippen molar-refractivity contribution in [3.63, 3.8) is 0 Å². The molecule has 1 heteroatoms. The fourth-order valence-corrected chi connectivity index (χ4v) is 7.60. The zero-order chi connectivity index (χ0) is 30.8. The second kappa shape index (κ2) is 10.2. The summed E-state index contributed by atoms with van der Waals surface area (Å²) in [5.41, 5.74) is 17.6. The van der Waals surface area contributed by atoms with Crippen molar-refractivity contribution in [3.05, 3.63) is 169 Å². The number of H-pyrrole nitrogens is 1. The highest BCUT2D eigenvalue weighted by Crippen LogP contribution is 2.49. The van der Waals surface area contributed by atoms with Gasteiger partial charge in [-0.15, -0.1) is 0 Å². The smallest absolute Gasteiger partial charge is 0.0544 e. The predicted molar refractivity (Wildman–Crippen MR) is 195 cm³/mol. The van der Waals surface area contributed by atoms with Crippen LogP contribution in [0.1, 0.15) is 25.0 Å². The lowest BCUT2D eigenvalue weighted by Gasteiger charge is -2.22. The number of hydrogen-bond donors (Lipinski definition) is 1. The monoisotopic (exact) mass is 587 g/mol. The zero-order valence-electron chi connectivity index (χ0n) is 26.0. The van der Waals surface area contributed by atoms with E-state index < -0.39 is 0 Å². The second-order valence-electron chi connectivity index (χ2n) is 13.1. The standard InChI is InChI=1S/C45H33N/c1-45(2)41-20-8-6-18-36(41)37-23-22-33(28-42(37)45)31-15-10-14-30(24-31)32-16-11-17-34(25-32)39-26-35(29-12-4-3-5-13-29)27-40-38-19-7-9-21-43(38)46-44(39)40/h3-28,46H,1-2H3. The molecule has 0 atom stereocenters. The van der Waals surface area contributed by atoms with Gasteiger partial charge < -0.3 is 4.98 Å². The fraction of sp³-hybridized carbons (Fsp3) is 0.0667. The molecule has 0 radical (unpaired) electrons. The molecule has 0 spiro atoms. The van der Waals surface area contributed by atoms with Gasteiger partial charge in [0.05, 0.1) is 5.52 Å². The molecule has 1 N–H and O–H groups in total. The number of fused-ring (bicyclic) bond motifs is 6. The Kier molecular flexibility index (Phi) is 5.92. The Balaban J connectivity index is 1.15. The van der Waals surface area contributed by atoms with Crippen molar-refractivity contribution in [1.29, 1.82) is 0 Å². The Bertz CT molecular complexity index is 2440. The number of aromatic amines is 1. The molecule has 0 fully saturated rings. The zero-order valence-corrected chi connectivity index (χ0v) is 26.0. The molecule has 0 unspecified atom stereocenters. The Hall–Kier alpha value is -5.66. The summed E-state index contributed by atoms with van der Waals surface area (Å²) in [6, 6.07) is 57.8. The normalized spacial score (nSPS) is 13.2. The van der Waals surface area contributed by atoms with Crippen molar-refractivity contribution in [1.82, 2.24) is 4.98 Å². The van der Waals surface area contributed by atoms with E-state index in [-0.39, 0.29) is 5.41 Å². The quantitative estimate of drug-likeness (QED) is 0.211. The van der Waals surface area contributed by atoms with Crippen LogP contribution in [0.2, 0.25) is 0 Å². The summed E-state index contributed by atoms with van der Waals surface area (Å²) in [6.07, 6.45) is 0. The lowest BCUT2D eigenvalue weighted by atomic mass is 9.81. The van der Waals surface area contributed by atoms with Crippen molar-refractivity contribution >= 4 is 21.8 Å². The topological polar surface area (TPSA) is 15.8 Å². The molecule has 1 aromatic heterocycles. The highest BCUT2D eigenvalue weighted by atomic mass is 14.7. The molecule has 0 aliphatic heterocycles. The minimum Gasteiger partial charge on any atom is -0.354 e. The first-order chi connectivity index (χ1) is 22.5. The van der Waals surface area contributed by atoms with E-state index in [0.717, 1.165) is 5.52 Å². The van der Waals surface area contributed by atoms with Gasteiger partial charge in [0.1, 0.15) is 0 Å². The largest absolute Gasteiger partial charge is 0.354 e. The second-order valence-corrected chi connectivity index (χ2v) is 13.1. The van der Waals surface area contributed by atoms with Gasteiger partial charge in [-0.25, -0.2) is 0 Å². The van der Waals surface area contributed by atoms with Gasteiger partial charge in [0.2, 0.25) is 0 Å². The van der Waals surface area contributed by atoms with Crippen molar-refractivity contribution in [2.75, 3.05) is 0 Å². The molecule has 1 aliphatic carbocycles. The van der Waals surface area contributed by atoms with Gasteiger partial charge >= 0.3 is 0 Å². The summed E-state index contributed by atoms with van der Waals surface area (Å²) >= 11 is 0. The molecule has 8 aromatic rings. The molecular weight excluding hydrogens is 555 g/mol. The number of nitrogens with one attached hydrogen (secondary N) is 1. The molecule has 0 saturated carbocycles. The third-order valence-electron chi connectivity index (χ3n) is 10.0. The van der Waals surface area contributed by atoms with Crippen molar-refractivity contribution in [2.24, 2.45) is 0 Å². The third kappa shape index (κ3) is 4.16. The number of rotatable bonds is 4. The summed E-state index contributed by atoms with van der Waals surface area (Å²) in [5.74, 6) is 0. The SMILES string of the molecule is CC1(C)c2ccccc2-c2ccc(-c3cccc(-c4cccc(-c5cc(-c6ccccc6)cc6c5[nH]c5ccccc56)c4)c3)cc21. The van der Waals surface area contributed by atoms with Gasteiger partial charge in [-0.2, -0.15) is 0 Å². The molecule has 0 bridgehead atoms. The summed E-state index contributed by atoms with van der Waals surface area (Å²) in [4.78, 5) is 3.75. The summed E-state index contributed by atoms with van der Waals surface area (Å²) in [6.45, 7) is 4.69. The average molecular weight is 588 g/mol. The molecule has 1 heterocycles. The van der Waals surface area contributed by atoms with E-state index in [1.807, 2.05) is 0 Å². The number of hydrogen-bond acceptors (Lipinski definition) is 0. The van der Waals surface area contributed by atoms with Crippen molar-refractivity contribution < 1.29 is 0 Å². The Morgan fingerprint density at radius 3 is 1.78 bits per heavy atom. The summed E-state index contributed by atoms with van der Waals surface area (Å²) < 4.78 is 0. The van der Waals surface area contributed by atoms with Crippen LogP contribution >= 0.6 is 0 Å². The summed E-state index contributed by atoms with van der Waals surface area (Å²) in [7, 11) is 0. The van der Waals surface area contributed by atoms with Crippen LogP contribution in [0.5, 0.6) is 0 Å². The molecule has 46 heavy (non-hydrogen) atoms. The number of para-hydroxylation sites is 1. The van der Waals surface area contributed by atoms with Crippen LogP contribution in [0.15, 0.2) is 158 Å². The van der Waals surface area contributed by atoms with Crippen molar-refractivity contribution in [2.45, 2.75) is 19.3 Å². The maximum absolute atomic E-state index is 3.75. The van der Waals surface area contributed by atoms with Crippen LogP contribution in [0.3, 0.4) is 0 Å². The van der Waals surface area contributed by atoms with Gasteiger partial charge in [-0.05, 0) is 97.6 Å².